The van der Waals surface area contributed by atoms with Crippen molar-refractivity contribution in [2.75, 3.05) is 5.32 Å². The summed E-state index contributed by atoms with van der Waals surface area (Å²) < 4.78 is 1.01. The van der Waals surface area contributed by atoms with Crippen molar-refractivity contribution in [3.8, 4) is 0 Å². The molecule has 3 rings (SSSR count). The van der Waals surface area contributed by atoms with E-state index in [1.54, 1.807) is 17.1 Å². The lowest BCUT2D eigenvalue weighted by Gasteiger charge is -1.96. The van der Waals surface area contributed by atoms with Gasteiger partial charge in [-0.1, -0.05) is 11.3 Å². The maximum absolute atomic E-state index is 11.8. The minimum Gasteiger partial charge on any atom is -0.296 e. The van der Waals surface area contributed by atoms with Gasteiger partial charge in [-0.05, 0) is 13.0 Å². The fraction of sp³-hybridized carbons (Fsp3) is 0.0909. The fourth-order valence-electron chi connectivity index (χ4n) is 1.47. The third kappa shape index (κ3) is 2.09. The largest absolute Gasteiger partial charge is 0.296 e. The number of anilines is 1. The van der Waals surface area contributed by atoms with E-state index in [2.05, 4.69) is 20.3 Å². The molecule has 3 aromatic rings. The van der Waals surface area contributed by atoms with E-state index < -0.39 is 0 Å². The Morgan fingerprint density at radius 3 is 3.06 bits per heavy atom. The summed E-state index contributed by atoms with van der Waals surface area (Å²) in [7, 11) is 0. The molecule has 3 heterocycles. The smallest absolute Gasteiger partial charge is 0.276 e. The molecule has 0 saturated heterocycles. The molecule has 0 aromatic carbocycles. The number of carbonyl (C=O) groups excluding carboxylic acids is 1. The molecule has 7 heteroatoms. The van der Waals surface area contributed by atoms with Crippen molar-refractivity contribution in [3.63, 3.8) is 0 Å². The number of thiazole rings is 2. The van der Waals surface area contributed by atoms with Gasteiger partial charge in [-0.2, -0.15) is 0 Å². The average Bonchev–Trinajstić information content (AvgIpc) is 2.95. The summed E-state index contributed by atoms with van der Waals surface area (Å²) in [5.41, 5.74) is 3.76. The van der Waals surface area contributed by atoms with Crippen molar-refractivity contribution < 1.29 is 4.79 Å². The summed E-state index contributed by atoms with van der Waals surface area (Å²) in [6, 6.07) is 1.95. The van der Waals surface area contributed by atoms with Crippen molar-refractivity contribution in [2.24, 2.45) is 0 Å². The van der Waals surface area contributed by atoms with Gasteiger partial charge in [0.1, 0.15) is 11.2 Å². The molecule has 90 valence electrons. The van der Waals surface area contributed by atoms with Crippen LogP contribution in [-0.4, -0.2) is 20.9 Å². The second kappa shape index (κ2) is 4.43. The van der Waals surface area contributed by atoms with Crippen molar-refractivity contribution in [2.45, 2.75) is 6.92 Å². The van der Waals surface area contributed by atoms with Crippen LogP contribution in [0.2, 0.25) is 0 Å². The molecule has 0 spiro atoms. The molecular formula is C11H8N4OS2. The highest BCUT2D eigenvalue weighted by molar-refractivity contribution is 7.22. The molecule has 0 saturated carbocycles. The number of amides is 1. The topological polar surface area (TPSA) is 67.8 Å². The first-order chi connectivity index (χ1) is 8.72. The van der Waals surface area contributed by atoms with Gasteiger partial charge >= 0.3 is 0 Å². The Kier molecular flexibility index (Phi) is 2.77. The number of nitrogens with zero attached hydrogens (tertiary/aromatic N) is 3. The first-order valence-corrected chi connectivity index (χ1v) is 6.91. The number of fused-ring (bicyclic) bond motifs is 1. The Labute approximate surface area is 111 Å². The molecular weight excluding hydrogens is 268 g/mol. The molecule has 0 aliphatic rings. The predicted octanol–water partition coefficient (Wildman–Crippen LogP) is 2.71. The van der Waals surface area contributed by atoms with Crippen LogP contribution in [0, 0.1) is 6.92 Å². The molecule has 18 heavy (non-hydrogen) atoms. The SMILES string of the molecule is Cc1cc2sc(NC(=O)c3cscn3)nc2cn1. The van der Waals surface area contributed by atoms with Crippen molar-refractivity contribution in [1.82, 2.24) is 15.0 Å². The predicted molar refractivity (Wildman–Crippen MR) is 72.2 cm³/mol. The molecule has 0 aliphatic heterocycles. The number of pyridine rings is 1. The minimum atomic E-state index is -0.236. The molecule has 1 N–H and O–H groups in total. The minimum absolute atomic E-state index is 0.236. The Hall–Kier alpha value is -1.86. The zero-order chi connectivity index (χ0) is 12.5. The van der Waals surface area contributed by atoms with Crippen LogP contribution in [-0.2, 0) is 0 Å². The number of carbonyl (C=O) groups is 1. The van der Waals surface area contributed by atoms with Crippen molar-refractivity contribution in [3.05, 3.63) is 34.5 Å². The second-order valence-corrected chi connectivity index (χ2v) is 5.39. The van der Waals surface area contributed by atoms with Crippen molar-refractivity contribution in [1.29, 1.82) is 0 Å². The van der Waals surface area contributed by atoms with Gasteiger partial charge < -0.3 is 0 Å². The Balaban J connectivity index is 1.89. The highest BCUT2D eigenvalue weighted by Crippen LogP contribution is 2.26. The zero-order valence-electron chi connectivity index (χ0n) is 9.38. The Morgan fingerprint density at radius 1 is 1.39 bits per heavy atom. The summed E-state index contributed by atoms with van der Waals surface area (Å²) in [5.74, 6) is -0.236. The molecule has 0 atom stereocenters. The van der Waals surface area contributed by atoms with Crippen LogP contribution in [0.1, 0.15) is 16.2 Å². The summed E-state index contributed by atoms with van der Waals surface area (Å²) in [6.07, 6.45) is 1.71. The molecule has 0 radical (unpaired) electrons. The molecule has 1 amide bonds. The van der Waals surface area contributed by atoms with Gasteiger partial charge in [0, 0.05) is 11.1 Å². The van der Waals surface area contributed by atoms with Crippen LogP contribution in [0.15, 0.2) is 23.2 Å². The molecule has 5 nitrogen and oxygen atoms in total. The quantitative estimate of drug-likeness (QED) is 0.781. The van der Waals surface area contributed by atoms with E-state index in [1.807, 2.05) is 13.0 Å². The van der Waals surface area contributed by atoms with Gasteiger partial charge in [-0.3, -0.25) is 15.1 Å². The summed E-state index contributed by atoms with van der Waals surface area (Å²) in [4.78, 5) is 24.2. The average molecular weight is 276 g/mol. The second-order valence-electron chi connectivity index (χ2n) is 3.64. The summed E-state index contributed by atoms with van der Waals surface area (Å²) in [5, 5.41) is 5.01. The lowest BCUT2D eigenvalue weighted by Crippen LogP contribution is -2.11. The van der Waals surface area contributed by atoms with Gasteiger partial charge in [0.2, 0.25) is 0 Å². The van der Waals surface area contributed by atoms with E-state index >= 15 is 0 Å². The maximum atomic E-state index is 11.8. The molecule has 0 unspecified atom stereocenters. The van der Waals surface area contributed by atoms with Crippen LogP contribution >= 0.6 is 22.7 Å². The Morgan fingerprint density at radius 2 is 2.28 bits per heavy atom. The zero-order valence-corrected chi connectivity index (χ0v) is 11.0. The third-order valence-electron chi connectivity index (χ3n) is 2.30. The highest BCUT2D eigenvalue weighted by Gasteiger charge is 2.11. The lowest BCUT2D eigenvalue weighted by molar-refractivity contribution is 0.102. The van der Waals surface area contributed by atoms with Gasteiger partial charge in [-0.25, -0.2) is 9.97 Å². The van der Waals surface area contributed by atoms with E-state index in [1.165, 1.54) is 22.7 Å². The van der Waals surface area contributed by atoms with Gasteiger partial charge in [-0.15, -0.1) is 11.3 Å². The number of nitrogens with one attached hydrogen (secondary N) is 1. The van der Waals surface area contributed by atoms with Crippen molar-refractivity contribution >= 4 is 43.9 Å². The van der Waals surface area contributed by atoms with E-state index in [0.29, 0.717) is 10.8 Å². The van der Waals surface area contributed by atoms with Crippen LogP contribution in [0.5, 0.6) is 0 Å². The van der Waals surface area contributed by atoms with Crippen LogP contribution in [0.4, 0.5) is 5.13 Å². The first-order valence-electron chi connectivity index (χ1n) is 5.15. The molecule has 0 fully saturated rings. The molecule has 3 aromatic heterocycles. The molecule has 0 bridgehead atoms. The highest BCUT2D eigenvalue weighted by atomic mass is 32.1. The van der Waals surface area contributed by atoms with E-state index in [4.69, 9.17) is 0 Å². The van der Waals surface area contributed by atoms with Gasteiger partial charge in [0.25, 0.3) is 5.91 Å². The van der Waals surface area contributed by atoms with Crippen LogP contribution in [0.25, 0.3) is 10.2 Å². The van der Waals surface area contributed by atoms with Gasteiger partial charge in [0.15, 0.2) is 5.13 Å². The summed E-state index contributed by atoms with van der Waals surface area (Å²) >= 11 is 2.82. The van der Waals surface area contributed by atoms with E-state index in [0.717, 1.165) is 15.9 Å². The number of aromatic nitrogens is 3. The Bertz CT molecular complexity index is 705. The van der Waals surface area contributed by atoms with Gasteiger partial charge in [0.05, 0.1) is 16.4 Å². The summed E-state index contributed by atoms with van der Waals surface area (Å²) in [6.45, 7) is 1.92. The number of aryl methyl sites for hydroxylation is 1. The first kappa shape index (κ1) is 11.2. The van der Waals surface area contributed by atoms with Crippen LogP contribution < -0.4 is 5.32 Å². The van der Waals surface area contributed by atoms with E-state index in [-0.39, 0.29) is 5.91 Å². The molecule has 0 aliphatic carbocycles. The standard InChI is InChI=1S/C11H8N4OS2/c1-6-2-9-7(3-12-6)14-11(18-9)15-10(16)8-4-17-5-13-8/h2-5H,1H3,(H,14,15,16). The number of hydrogen-bond donors (Lipinski definition) is 1. The third-order valence-corrected chi connectivity index (χ3v) is 3.82. The monoisotopic (exact) mass is 276 g/mol. The lowest BCUT2D eigenvalue weighted by atomic mass is 10.4. The number of rotatable bonds is 2. The number of hydrogen-bond acceptors (Lipinski definition) is 6. The van der Waals surface area contributed by atoms with Crippen LogP contribution in [0.3, 0.4) is 0 Å². The van der Waals surface area contributed by atoms with E-state index in [9.17, 15) is 4.79 Å². The maximum Gasteiger partial charge on any atom is 0.276 e. The normalized spacial score (nSPS) is 10.7. The fourth-order valence-corrected chi connectivity index (χ4v) is 2.93.